The Morgan fingerprint density at radius 2 is 1.69 bits per heavy atom. The van der Waals surface area contributed by atoms with Crippen LogP contribution >= 0.6 is 0 Å². The molecule has 0 amide bonds. The molecule has 0 bridgehead atoms. The van der Waals surface area contributed by atoms with Crippen LogP contribution in [-0.2, 0) is 0 Å². The number of nitrogens with zero attached hydrogens (tertiary/aromatic N) is 1. The second kappa shape index (κ2) is 4.68. The Morgan fingerprint density at radius 3 is 2.31 bits per heavy atom. The number of ketones is 1. The molecule has 0 radical (unpaired) electrons. The van der Waals surface area contributed by atoms with Gasteiger partial charge in [-0.15, -0.1) is 0 Å². The van der Waals surface area contributed by atoms with Crippen molar-refractivity contribution in [3.05, 3.63) is 66.0 Å². The minimum absolute atomic E-state index is 0.0770. The standard InChI is InChI=1S/C13H12N2O/c14-12(10-6-8-15-9-7-10)13(16)11-4-2-1-3-5-11/h1-9,12H,14H2. The number of hydrogen-bond acceptors (Lipinski definition) is 3. The van der Waals surface area contributed by atoms with Crippen LogP contribution in [0, 0.1) is 0 Å². The molecule has 16 heavy (non-hydrogen) atoms. The Hall–Kier alpha value is -2.00. The summed E-state index contributed by atoms with van der Waals surface area (Å²) < 4.78 is 0. The lowest BCUT2D eigenvalue weighted by atomic mass is 9.99. The van der Waals surface area contributed by atoms with E-state index in [1.807, 2.05) is 18.2 Å². The van der Waals surface area contributed by atoms with Crippen LogP contribution in [-0.4, -0.2) is 10.8 Å². The monoisotopic (exact) mass is 212 g/mol. The lowest BCUT2D eigenvalue weighted by molar-refractivity contribution is 0.0961. The molecule has 0 aliphatic heterocycles. The second-order valence-electron chi connectivity index (χ2n) is 3.49. The van der Waals surface area contributed by atoms with Crippen molar-refractivity contribution in [2.24, 2.45) is 5.73 Å². The van der Waals surface area contributed by atoms with Gasteiger partial charge >= 0.3 is 0 Å². The molecule has 0 saturated heterocycles. The highest BCUT2D eigenvalue weighted by atomic mass is 16.1. The number of carbonyl (C=O) groups excluding carboxylic acids is 1. The van der Waals surface area contributed by atoms with Crippen LogP contribution in [0.15, 0.2) is 54.9 Å². The molecular formula is C13H12N2O. The van der Waals surface area contributed by atoms with E-state index in [9.17, 15) is 4.79 Å². The van der Waals surface area contributed by atoms with Crippen LogP contribution in [0.25, 0.3) is 0 Å². The molecular weight excluding hydrogens is 200 g/mol. The molecule has 2 N–H and O–H groups in total. The van der Waals surface area contributed by atoms with Gasteiger partial charge in [-0.05, 0) is 17.7 Å². The van der Waals surface area contributed by atoms with E-state index in [4.69, 9.17) is 5.73 Å². The van der Waals surface area contributed by atoms with E-state index in [2.05, 4.69) is 4.98 Å². The maximum absolute atomic E-state index is 12.0. The molecule has 2 aromatic rings. The van der Waals surface area contributed by atoms with Crippen molar-refractivity contribution < 1.29 is 4.79 Å². The lowest BCUT2D eigenvalue weighted by Gasteiger charge is -2.10. The molecule has 1 heterocycles. The van der Waals surface area contributed by atoms with E-state index < -0.39 is 6.04 Å². The van der Waals surface area contributed by atoms with Gasteiger partial charge in [-0.3, -0.25) is 9.78 Å². The van der Waals surface area contributed by atoms with Gasteiger partial charge in [-0.25, -0.2) is 0 Å². The van der Waals surface area contributed by atoms with Crippen LogP contribution in [0.5, 0.6) is 0 Å². The smallest absolute Gasteiger partial charge is 0.184 e. The van der Waals surface area contributed by atoms with Gasteiger partial charge in [0.25, 0.3) is 0 Å². The van der Waals surface area contributed by atoms with Crippen LogP contribution in [0.2, 0.25) is 0 Å². The van der Waals surface area contributed by atoms with E-state index in [0.717, 1.165) is 5.56 Å². The topological polar surface area (TPSA) is 56.0 Å². The third-order valence-corrected chi connectivity index (χ3v) is 2.41. The average Bonchev–Trinajstić information content (AvgIpc) is 2.39. The normalized spacial score (nSPS) is 12.1. The maximum atomic E-state index is 12.0. The van der Waals surface area contributed by atoms with Crippen molar-refractivity contribution in [2.75, 3.05) is 0 Å². The molecule has 0 aliphatic rings. The minimum atomic E-state index is -0.620. The predicted molar refractivity (Wildman–Crippen MR) is 61.9 cm³/mol. The predicted octanol–water partition coefficient (Wildman–Crippen LogP) is 1.96. The molecule has 3 heteroatoms. The number of pyridine rings is 1. The molecule has 2 rings (SSSR count). The summed E-state index contributed by atoms with van der Waals surface area (Å²) in [5.41, 5.74) is 7.31. The Labute approximate surface area is 93.9 Å². The maximum Gasteiger partial charge on any atom is 0.184 e. The summed E-state index contributed by atoms with van der Waals surface area (Å²) in [5.74, 6) is -0.0770. The summed E-state index contributed by atoms with van der Waals surface area (Å²) in [5, 5.41) is 0. The van der Waals surface area contributed by atoms with Crippen LogP contribution in [0.3, 0.4) is 0 Å². The van der Waals surface area contributed by atoms with Crippen molar-refractivity contribution in [1.82, 2.24) is 4.98 Å². The zero-order valence-corrected chi connectivity index (χ0v) is 8.71. The number of carbonyl (C=O) groups is 1. The van der Waals surface area contributed by atoms with Gasteiger partial charge in [-0.1, -0.05) is 30.3 Å². The molecule has 0 spiro atoms. The Morgan fingerprint density at radius 1 is 1.06 bits per heavy atom. The fourth-order valence-electron chi connectivity index (χ4n) is 1.50. The highest BCUT2D eigenvalue weighted by Gasteiger charge is 2.16. The molecule has 3 nitrogen and oxygen atoms in total. The molecule has 1 unspecified atom stereocenters. The van der Waals surface area contributed by atoms with Gasteiger partial charge < -0.3 is 5.73 Å². The van der Waals surface area contributed by atoms with Crippen molar-refractivity contribution in [1.29, 1.82) is 0 Å². The van der Waals surface area contributed by atoms with E-state index in [1.165, 1.54) is 0 Å². The molecule has 0 aliphatic carbocycles. The fourth-order valence-corrected chi connectivity index (χ4v) is 1.50. The SMILES string of the molecule is NC(C(=O)c1ccccc1)c1ccncc1. The summed E-state index contributed by atoms with van der Waals surface area (Å²) in [6.45, 7) is 0. The van der Waals surface area contributed by atoms with E-state index in [1.54, 1.807) is 36.7 Å². The average molecular weight is 212 g/mol. The summed E-state index contributed by atoms with van der Waals surface area (Å²) >= 11 is 0. The van der Waals surface area contributed by atoms with E-state index in [-0.39, 0.29) is 5.78 Å². The highest BCUT2D eigenvalue weighted by molar-refractivity contribution is 6.00. The van der Waals surface area contributed by atoms with Gasteiger partial charge in [-0.2, -0.15) is 0 Å². The van der Waals surface area contributed by atoms with Crippen molar-refractivity contribution in [3.8, 4) is 0 Å². The van der Waals surface area contributed by atoms with Crippen LogP contribution < -0.4 is 5.73 Å². The summed E-state index contributed by atoms with van der Waals surface area (Å²) in [7, 11) is 0. The number of hydrogen-bond donors (Lipinski definition) is 1. The van der Waals surface area contributed by atoms with E-state index >= 15 is 0 Å². The number of Topliss-reactive ketones (excluding diaryl/α,β-unsaturated/α-hetero) is 1. The molecule has 1 aromatic heterocycles. The fraction of sp³-hybridized carbons (Fsp3) is 0.0769. The van der Waals surface area contributed by atoms with Gasteiger partial charge in [0.05, 0.1) is 6.04 Å². The highest BCUT2D eigenvalue weighted by Crippen LogP contribution is 2.14. The first-order chi connectivity index (χ1) is 7.79. The summed E-state index contributed by atoms with van der Waals surface area (Å²) in [6, 6.07) is 11.9. The Bertz CT molecular complexity index is 468. The third-order valence-electron chi connectivity index (χ3n) is 2.41. The third kappa shape index (κ3) is 2.15. The second-order valence-corrected chi connectivity index (χ2v) is 3.49. The zero-order chi connectivity index (χ0) is 11.4. The van der Waals surface area contributed by atoms with Gasteiger partial charge in [0.15, 0.2) is 5.78 Å². The van der Waals surface area contributed by atoms with Crippen LogP contribution in [0.1, 0.15) is 22.0 Å². The number of aromatic nitrogens is 1. The molecule has 80 valence electrons. The summed E-state index contributed by atoms with van der Waals surface area (Å²) in [4.78, 5) is 15.9. The Balaban J connectivity index is 2.24. The molecule has 0 fully saturated rings. The van der Waals surface area contributed by atoms with Gasteiger partial charge in [0, 0.05) is 18.0 Å². The number of benzene rings is 1. The van der Waals surface area contributed by atoms with Gasteiger partial charge in [0.2, 0.25) is 0 Å². The first-order valence-electron chi connectivity index (χ1n) is 5.04. The van der Waals surface area contributed by atoms with Crippen molar-refractivity contribution in [3.63, 3.8) is 0 Å². The first kappa shape index (κ1) is 10.5. The Kier molecular flexibility index (Phi) is 3.08. The molecule has 1 aromatic carbocycles. The molecule has 0 saturated carbocycles. The first-order valence-corrected chi connectivity index (χ1v) is 5.04. The zero-order valence-electron chi connectivity index (χ0n) is 8.71. The number of rotatable bonds is 3. The lowest BCUT2D eigenvalue weighted by Crippen LogP contribution is -2.21. The molecule has 1 atom stereocenters. The van der Waals surface area contributed by atoms with Crippen LogP contribution in [0.4, 0.5) is 0 Å². The largest absolute Gasteiger partial charge is 0.318 e. The van der Waals surface area contributed by atoms with Crippen molar-refractivity contribution in [2.45, 2.75) is 6.04 Å². The van der Waals surface area contributed by atoms with E-state index in [0.29, 0.717) is 5.56 Å². The van der Waals surface area contributed by atoms with Gasteiger partial charge in [0.1, 0.15) is 0 Å². The van der Waals surface area contributed by atoms with Crippen molar-refractivity contribution >= 4 is 5.78 Å². The quantitative estimate of drug-likeness (QED) is 0.791. The minimum Gasteiger partial charge on any atom is -0.318 e. The summed E-state index contributed by atoms with van der Waals surface area (Å²) in [6.07, 6.45) is 3.26. The number of nitrogens with two attached hydrogens (primary N) is 1.